The molecule has 0 unspecified atom stereocenters. The number of nitrogens with zero attached hydrogens (tertiary/aromatic N) is 1. The van der Waals surface area contributed by atoms with Crippen LogP contribution in [0.2, 0.25) is 0 Å². The highest BCUT2D eigenvalue weighted by atomic mass is 16.5. The number of benzene rings is 3. The highest BCUT2D eigenvalue weighted by Gasteiger charge is 2.14. The third-order valence-corrected chi connectivity index (χ3v) is 4.83. The van der Waals surface area contributed by atoms with E-state index in [4.69, 9.17) is 9.84 Å². The molecular formula is C26H22N2O4. The van der Waals surface area contributed by atoms with Crippen LogP contribution < -0.4 is 10.1 Å². The number of carboxylic acid groups (broad SMARTS) is 1. The second-order valence-electron chi connectivity index (χ2n) is 7.10. The molecule has 3 rings (SSSR count). The molecule has 1 atom stereocenters. The highest BCUT2D eigenvalue weighted by Crippen LogP contribution is 2.23. The fourth-order valence-corrected chi connectivity index (χ4v) is 3.04. The van der Waals surface area contributed by atoms with Gasteiger partial charge in [0.15, 0.2) is 0 Å². The molecule has 0 aliphatic heterocycles. The maximum atomic E-state index is 12.6. The molecule has 1 amide bonds. The van der Waals surface area contributed by atoms with Gasteiger partial charge in [-0.25, -0.2) is 4.79 Å². The van der Waals surface area contributed by atoms with E-state index in [2.05, 4.69) is 5.32 Å². The van der Waals surface area contributed by atoms with Crippen molar-refractivity contribution in [2.24, 2.45) is 0 Å². The zero-order valence-electron chi connectivity index (χ0n) is 17.5. The standard InChI is InChI=1S/C26H22N2O4/c1-18(20-7-3-2-4-8-20)28-25(29)23(16-27)15-22-9-5-6-10-24(22)32-17-19-11-13-21(14-12-19)26(30)31/h2-15,18H,17H2,1H3,(H,28,29)(H,30,31)/b23-15-/t18-/m1/s1. The largest absolute Gasteiger partial charge is 0.488 e. The number of carbonyl (C=O) groups is 2. The summed E-state index contributed by atoms with van der Waals surface area (Å²) in [4.78, 5) is 23.6. The summed E-state index contributed by atoms with van der Waals surface area (Å²) in [7, 11) is 0. The fraction of sp³-hybridized carbons (Fsp3) is 0.115. The van der Waals surface area contributed by atoms with Crippen molar-refractivity contribution >= 4 is 18.0 Å². The normalized spacial score (nSPS) is 11.8. The Bertz CT molecular complexity index is 1160. The lowest BCUT2D eigenvalue weighted by atomic mass is 10.1. The topological polar surface area (TPSA) is 99.4 Å². The van der Waals surface area contributed by atoms with Gasteiger partial charge in [0.2, 0.25) is 0 Å². The van der Waals surface area contributed by atoms with Gasteiger partial charge in [0.1, 0.15) is 24.0 Å². The molecule has 0 spiro atoms. The predicted octanol–water partition coefficient (Wildman–Crippen LogP) is 4.75. The summed E-state index contributed by atoms with van der Waals surface area (Å²) < 4.78 is 5.87. The lowest BCUT2D eigenvalue weighted by Gasteiger charge is -2.14. The number of para-hydroxylation sites is 1. The third kappa shape index (κ3) is 5.83. The minimum atomic E-state index is -0.989. The van der Waals surface area contributed by atoms with E-state index in [-0.39, 0.29) is 23.8 Å². The molecular weight excluding hydrogens is 404 g/mol. The second kappa shape index (κ2) is 10.6. The van der Waals surface area contributed by atoms with Gasteiger partial charge in [0.25, 0.3) is 5.91 Å². The van der Waals surface area contributed by atoms with Gasteiger partial charge in [-0.3, -0.25) is 4.79 Å². The molecule has 3 aromatic carbocycles. The first kappa shape index (κ1) is 22.3. The maximum Gasteiger partial charge on any atom is 0.335 e. The van der Waals surface area contributed by atoms with Crippen molar-refractivity contribution in [1.82, 2.24) is 5.32 Å². The molecule has 0 aliphatic rings. The molecule has 3 aromatic rings. The monoisotopic (exact) mass is 426 g/mol. The Labute approximate surface area is 186 Å². The zero-order valence-corrected chi connectivity index (χ0v) is 17.5. The molecule has 0 radical (unpaired) electrons. The van der Waals surface area contributed by atoms with Crippen LogP contribution in [0.25, 0.3) is 6.08 Å². The number of nitrogens with one attached hydrogen (secondary N) is 1. The smallest absolute Gasteiger partial charge is 0.335 e. The Hall–Kier alpha value is -4.37. The minimum Gasteiger partial charge on any atom is -0.488 e. The van der Waals surface area contributed by atoms with E-state index >= 15 is 0 Å². The average Bonchev–Trinajstić information content (AvgIpc) is 2.82. The van der Waals surface area contributed by atoms with Crippen molar-refractivity contribution in [3.05, 3.63) is 107 Å². The molecule has 2 N–H and O–H groups in total. The molecule has 32 heavy (non-hydrogen) atoms. The predicted molar refractivity (Wildman–Crippen MR) is 121 cm³/mol. The number of rotatable bonds is 8. The van der Waals surface area contributed by atoms with Gasteiger partial charge in [-0.15, -0.1) is 0 Å². The first-order valence-electron chi connectivity index (χ1n) is 9.99. The van der Waals surface area contributed by atoms with E-state index in [0.29, 0.717) is 11.3 Å². The van der Waals surface area contributed by atoms with E-state index in [0.717, 1.165) is 11.1 Å². The van der Waals surface area contributed by atoms with Gasteiger partial charge in [-0.05, 0) is 42.3 Å². The summed E-state index contributed by atoms with van der Waals surface area (Å²) in [6.07, 6.45) is 1.50. The van der Waals surface area contributed by atoms with Crippen LogP contribution in [-0.4, -0.2) is 17.0 Å². The van der Waals surface area contributed by atoms with Crippen LogP contribution in [0, 0.1) is 11.3 Å². The second-order valence-corrected chi connectivity index (χ2v) is 7.10. The summed E-state index contributed by atoms with van der Waals surface area (Å²) in [6, 6.07) is 24.7. The number of nitriles is 1. The van der Waals surface area contributed by atoms with Crippen molar-refractivity contribution in [2.75, 3.05) is 0 Å². The molecule has 0 aliphatic carbocycles. The molecule has 0 aromatic heterocycles. The van der Waals surface area contributed by atoms with Crippen LogP contribution in [0.4, 0.5) is 0 Å². The summed E-state index contributed by atoms with van der Waals surface area (Å²) in [6.45, 7) is 2.07. The van der Waals surface area contributed by atoms with Crippen molar-refractivity contribution in [3.63, 3.8) is 0 Å². The zero-order chi connectivity index (χ0) is 22.9. The van der Waals surface area contributed by atoms with Crippen molar-refractivity contribution in [1.29, 1.82) is 5.26 Å². The van der Waals surface area contributed by atoms with E-state index in [1.807, 2.05) is 43.3 Å². The number of ether oxygens (including phenoxy) is 1. The molecule has 0 heterocycles. The van der Waals surface area contributed by atoms with Gasteiger partial charge >= 0.3 is 5.97 Å². The molecule has 0 saturated heterocycles. The van der Waals surface area contributed by atoms with E-state index < -0.39 is 11.9 Å². The van der Waals surface area contributed by atoms with E-state index in [1.54, 1.807) is 36.4 Å². The Morgan fingerprint density at radius 2 is 1.69 bits per heavy atom. The van der Waals surface area contributed by atoms with Crippen LogP contribution in [-0.2, 0) is 11.4 Å². The molecule has 0 bridgehead atoms. The minimum absolute atomic E-state index is 0.0327. The first-order valence-corrected chi connectivity index (χ1v) is 9.99. The van der Waals surface area contributed by atoms with E-state index in [1.165, 1.54) is 18.2 Å². The lowest BCUT2D eigenvalue weighted by molar-refractivity contribution is -0.117. The molecule has 160 valence electrons. The molecule has 0 fully saturated rings. The number of aromatic carboxylic acids is 1. The Morgan fingerprint density at radius 1 is 1.03 bits per heavy atom. The highest BCUT2D eigenvalue weighted by molar-refractivity contribution is 6.02. The third-order valence-electron chi connectivity index (χ3n) is 4.83. The summed E-state index contributed by atoms with van der Waals surface area (Å²) in [5.41, 5.74) is 2.49. The van der Waals surface area contributed by atoms with Gasteiger partial charge in [-0.1, -0.05) is 60.7 Å². The summed E-state index contributed by atoms with van der Waals surface area (Å²) in [5, 5.41) is 21.4. The summed E-state index contributed by atoms with van der Waals surface area (Å²) >= 11 is 0. The van der Waals surface area contributed by atoms with Crippen LogP contribution in [0.1, 0.15) is 40.0 Å². The SMILES string of the molecule is C[C@@H](NC(=O)/C(C#N)=C\c1ccccc1OCc1ccc(C(=O)O)cc1)c1ccccc1. The Kier molecular flexibility index (Phi) is 7.39. The number of hydrogen-bond acceptors (Lipinski definition) is 4. The lowest BCUT2D eigenvalue weighted by Crippen LogP contribution is -2.27. The van der Waals surface area contributed by atoms with Gasteiger partial charge in [0.05, 0.1) is 11.6 Å². The van der Waals surface area contributed by atoms with Crippen LogP contribution in [0.3, 0.4) is 0 Å². The van der Waals surface area contributed by atoms with Crippen LogP contribution >= 0.6 is 0 Å². The number of carbonyl (C=O) groups excluding carboxylic acids is 1. The van der Waals surface area contributed by atoms with Crippen molar-refractivity contribution in [3.8, 4) is 11.8 Å². The van der Waals surface area contributed by atoms with Crippen LogP contribution in [0.5, 0.6) is 5.75 Å². The van der Waals surface area contributed by atoms with Gasteiger partial charge in [-0.2, -0.15) is 5.26 Å². The van der Waals surface area contributed by atoms with E-state index in [9.17, 15) is 14.9 Å². The number of hydrogen-bond donors (Lipinski definition) is 2. The molecule has 6 heteroatoms. The fourth-order valence-electron chi connectivity index (χ4n) is 3.04. The van der Waals surface area contributed by atoms with Crippen molar-refractivity contribution < 1.29 is 19.4 Å². The maximum absolute atomic E-state index is 12.6. The average molecular weight is 426 g/mol. The van der Waals surface area contributed by atoms with Gasteiger partial charge < -0.3 is 15.2 Å². The van der Waals surface area contributed by atoms with Crippen molar-refractivity contribution in [2.45, 2.75) is 19.6 Å². The van der Waals surface area contributed by atoms with Crippen LogP contribution in [0.15, 0.2) is 84.4 Å². The van der Waals surface area contributed by atoms with Gasteiger partial charge in [0, 0.05) is 5.56 Å². The molecule has 0 saturated carbocycles. The quantitative estimate of drug-likeness (QED) is 0.400. The Balaban J connectivity index is 1.73. The number of carboxylic acids is 1. The first-order chi connectivity index (χ1) is 15.5. The Morgan fingerprint density at radius 3 is 2.34 bits per heavy atom. The number of amides is 1. The summed E-state index contributed by atoms with van der Waals surface area (Å²) in [5.74, 6) is -0.953. The molecule has 6 nitrogen and oxygen atoms in total.